The third kappa shape index (κ3) is 3.30. The Morgan fingerprint density at radius 3 is 2.84 bits per heavy atom. The lowest BCUT2D eigenvalue weighted by atomic mass is 9.75. The maximum Gasteiger partial charge on any atom is 0.274 e. The van der Waals surface area contributed by atoms with Gasteiger partial charge in [0.1, 0.15) is 5.69 Å². The van der Waals surface area contributed by atoms with E-state index in [1.54, 1.807) is 47.6 Å². The lowest BCUT2D eigenvalue weighted by Crippen LogP contribution is -2.40. The zero-order valence-electron chi connectivity index (χ0n) is 17.7. The average Bonchev–Trinajstić information content (AvgIpc) is 3.54. The van der Waals surface area contributed by atoms with E-state index < -0.39 is 5.41 Å². The Labute approximate surface area is 180 Å². The van der Waals surface area contributed by atoms with Crippen molar-refractivity contribution in [1.82, 2.24) is 34.1 Å². The first-order valence-electron chi connectivity index (χ1n) is 10.4. The van der Waals surface area contributed by atoms with Gasteiger partial charge in [-0.2, -0.15) is 5.10 Å². The largest absolute Gasteiger partial charge is 0.340 e. The summed E-state index contributed by atoms with van der Waals surface area (Å²) in [4.78, 5) is 39.3. The van der Waals surface area contributed by atoms with E-state index >= 15 is 0 Å². The van der Waals surface area contributed by atoms with E-state index in [2.05, 4.69) is 15.1 Å². The Balaban J connectivity index is 1.45. The molecule has 1 spiro atoms. The fourth-order valence-electron chi connectivity index (χ4n) is 4.94. The van der Waals surface area contributed by atoms with Gasteiger partial charge in [-0.1, -0.05) is 6.07 Å². The van der Waals surface area contributed by atoms with E-state index in [4.69, 9.17) is 0 Å². The van der Waals surface area contributed by atoms with Gasteiger partial charge in [0.2, 0.25) is 5.91 Å². The lowest BCUT2D eigenvalue weighted by Gasteiger charge is -2.27. The van der Waals surface area contributed by atoms with Gasteiger partial charge in [0.05, 0.1) is 17.4 Å². The van der Waals surface area contributed by atoms with Crippen LogP contribution in [0.2, 0.25) is 0 Å². The molecular weight excluding hydrogens is 394 g/mol. The summed E-state index contributed by atoms with van der Waals surface area (Å²) in [6.07, 6.45) is 9.67. The number of carbonyl (C=O) groups is 2. The number of nitrogens with zero attached hydrogens (tertiary/aromatic N) is 7. The standard InChI is InChI=1S/C22H25N7O2/c1-26-13-19(24-15-26)17-12-29(20(30)18-5-8-27(2)25-18)14-22(17)6-9-28(21(22)31)11-16-4-3-7-23-10-16/h3-5,7-8,10,13,15,17H,6,9,11-12,14H2,1-2H3. The number of amides is 2. The van der Waals surface area contributed by atoms with Crippen LogP contribution in [0.3, 0.4) is 0 Å². The molecular formula is C22H25N7O2. The van der Waals surface area contributed by atoms with Crippen LogP contribution in [0.5, 0.6) is 0 Å². The summed E-state index contributed by atoms with van der Waals surface area (Å²) in [5.41, 5.74) is 1.59. The molecule has 2 unspecified atom stereocenters. The number of rotatable bonds is 4. The maximum atomic E-state index is 13.7. The van der Waals surface area contributed by atoms with Crippen molar-refractivity contribution >= 4 is 11.8 Å². The molecule has 0 aromatic carbocycles. The Bertz CT molecular complexity index is 1120. The van der Waals surface area contributed by atoms with Crippen LogP contribution in [0.15, 0.2) is 49.3 Å². The van der Waals surface area contributed by atoms with Crippen molar-refractivity contribution in [1.29, 1.82) is 0 Å². The summed E-state index contributed by atoms with van der Waals surface area (Å²) in [5, 5.41) is 4.27. The van der Waals surface area contributed by atoms with Crippen LogP contribution in [0.4, 0.5) is 0 Å². The fourth-order valence-corrected chi connectivity index (χ4v) is 4.94. The zero-order chi connectivity index (χ0) is 21.6. The minimum atomic E-state index is -0.666. The van der Waals surface area contributed by atoms with Gasteiger partial charge in [-0.15, -0.1) is 0 Å². The monoisotopic (exact) mass is 419 g/mol. The second-order valence-electron chi connectivity index (χ2n) is 8.57. The van der Waals surface area contributed by atoms with Gasteiger partial charge >= 0.3 is 0 Å². The normalized spacial score (nSPS) is 23.3. The Kier molecular flexibility index (Phi) is 4.60. The van der Waals surface area contributed by atoms with Crippen LogP contribution in [-0.2, 0) is 25.4 Å². The molecule has 2 saturated heterocycles. The molecule has 3 aromatic heterocycles. The van der Waals surface area contributed by atoms with E-state index in [1.165, 1.54) is 0 Å². The summed E-state index contributed by atoms with van der Waals surface area (Å²) in [5.74, 6) is -0.201. The van der Waals surface area contributed by atoms with Gasteiger partial charge in [-0.25, -0.2) is 4.98 Å². The zero-order valence-corrected chi connectivity index (χ0v) is 17.7. The van der Waals surface area contributed by atoms with Crippen LogP contribution in [0.25, 0.3) is 0 Å². The first-order chi connectivity index (χ1) is 15.0. The van der Waals surface area contributed by atoms with Crippen molar-refractivity contribution in [2.45, 2.75) is 18.9 Å². The summed E-state index contributed by atoms with van der Waals surface area (Å²) < 4.78 is 3.50. The van der Waals surface area contributed by atoms with E-state index in [1.807, 2.05) is 34.8 Å². The van der Waals surface area contributed by atoms with Gasteiger partial charge in [-0.05, 0) is 24.1 Å². The highest BCUT2D eigenvalue weighted by Crippen LogP contribution is 2.50. The number of hydrogen-bond acceptors (Lipinski definition) is 5. The number of hydrogen-bond donors (Lipinski definition) is 0. The highest BCUT2D eigenvalue weighted by Gasteiger charge is 2.58. The fraction of sp³-hybridized carbons (Fsp3) is 0.409. The van der Waals surface area contributed by atoms with Crippen molar-refractivity contribution < 1.29 is 9.59 Å². The van der Waals surface area contributed by atoms with Gasteiger partial charge in [0.15, 0.2) is 0 Å². The SMILES string of the molecule is Cn1cnc(C2CN(C(=O)c3ccn(C)n3)CC23CCN(Cc2cccnc2)C3=O)c1. The summed E-state index contributed by atoms with van der Waals surface area (Å²) in [6, 6.07) is 5.58. The molecule has 160 valence electrons. The molecule has 0 aliphatic carbocycles. The number of imidazole rings is 1. The Hall–Kier alpha value is -3.49. The number of likely N-dealkylation sites (tertiary alicyclic amines) is 2. The van der Waals surface area contributed by atoms with E-state index in [0.29, 0.717) is 38.3 Å². The van der Waals surface area contributed by atoms with Crippen molar-refractivity contribution in [3.8, 4) is 0 Å². The molecule has 2 aliphatic heterocycles. The Morgan fingerprint density at radius 1 is 1.29 bits per heavy atom. The molecule has 9 heteroatoms. The number of carbonyl (C=O) groups excluding carboxylic acids is 2. The first-order valence-corrected chi connectivity index (χ1v) is 10.4. The summed E-state index contributed by atoms with van der Waals surface area (Å²) in [6.45, 7) is 2.02. The minimum Gasteiger partial charge on any atom is -0.340 e. The lowest BCUT2D eigenvalue weighted by molar-refractivity contribution is -0.136. The van der Waals surface area contributed by atoms with Crippen LogP contribution in [0, 0.1) is 5.41 Å². The molecule has 0 saturated carbocycles. The predicted octanol–water partition coefficient (Wildman–Crippen LogP) is 1.21. The van der Waals surface area contributed by atoms with E-state index in [9.17, 15) is 9.59 Å². The van der Waals surface area contributed by atoms with Crippen LogP contribution in [0.1, 0.15) is 34.1 Å². The maximum absolute atomic E-state index is 13.7. The molecule has 5 rings (SSSR count). The third-order valence-electron chi connectivity index (χ3n) is 6.48. The second-order valence-corrected chi connectivity index (χ2v) is 8.57. The first kappa shape index (κ1) is 19.5. The van der Waals surface area contributed by atoms with Gasteiger partial charge < -0.3 is 14.4 Å². The van der Waals surface area contributed by atoms with Crippen LogP contribution < -0.4 is 0 Å². The molecule has 2 amide bonds. The number of aromatic nitrogens is 5. The smallest absolute Gasteiger partial charge is 0.274 e. The van der Waals surface area contributed by atoms with Gasteiger partial charge in [-0.3, -0.25) is 19.3 Å². The molecule has 2 aliphatic rings. The highest BCUT2D eigenvalue weighted by molar-refractivity contribution is 5.94. The summed E-state index contributed by atoms with van der Waals surface area (Å²) in [7, 11) is 3.70. The van der Waals surface area contributed by atoms with Crippen molar-refractivity contribution in [3.05, 3.63) is 66.3 Å². The molecule has 9 nitrogen and oxygen atoms in total. The molecule has 2 atom stereocenters. The molecule has 0 radical (unpaired) electrons. The van der Waals surface area contributed by atoms with Gasteiger partial charge in [0.25, 0.3) is 5.91 Å². The molecule has 3 aromatic rings. The predicted molar refractivity (Wildman–Crippen MR) is 112 cm³/mol. The Morgan fingerprint density at radius 2 is 2.16 bits per heavy atom. The molecule has 2 fully saturated rings. The molecule has 31 heavy (non-hydrogen) atoms. The second kappa shape index (κ2) is 7.33. The van der Waals surface area contributed by atoms with Crippen molar-refractivity contribution in [2.24, 2.45) is 19.5 Å². The van der Waals surface area contributed by atoms with Crippen LogP contribution in [-0.4, -0.2) is 65.6 Å². The number of aryl methyl sites for hydroxylation is 2. The molecule has 5 heterocycles. The van der Waals surface area contributed by atoms with E-state index in [-0.39, 0.29) is 17.7 Å². The van der Waals surface area contributed by atoms with Gasteiger partial charge in [0, 0.05) is 71.0 Å². The molecule has 0 bridgehead atoms. The minimum absolute atomic E-state index is 0.0864. The average molecular weight is 419 g/mol. The quantitative estimate of drug-likeness (QED) is 0.634. The summed E-state index contributed by atoms with van der Waals surface area (Å²) >= 11 is 0. The number of pyridine rings is 1. The molecule has 0 N–H and O–H groups in total. The van der Waals surface area contributed by atoms with E-state index in [0.717, 1.165) is 11.3 Å². The van der Waals surface area contributed by atoms with Crippen molar-refractivity contribution in [3.63, 3.8) is 0 Å². The van der Waals surface area contributed by atoms with Crippen molar-refractivity contribution in [2.75, 3.05) is 19.6 Å². The highest BCUT2D eigenvalue weighted by atomic mass is 16.2. The van der Waals surface area contributed by atoms with Crippen LogP contribution >= 0.6 is 0 Å². The third-order valence-corrected chi connectivity index (χ3v) is 6.48. The topological polar surface area (TPSA) is 89.2 Å².